The monoisotopic (exact) mass is 281 g/mol. The third-order valence-corrected chi connectivity index (χ3v) is 5.35. The van der Waals surface area contributed by atoms with Gasteiger partial charge in [0.2, 0.25) is 0 Å². The van der Waals surface area contributed by atoms with Crippen LogP contribution in [0.5, 0.6) is 0 Å². The maximum Gasteiger partial charge on any atom is 0.347 e. The number of rotatable bonds is 5. The Morgan fingerprint density at radius 2 is 2.21 bits per heavy atom. The molecule has 1 fully saturated rings. The van der Waals surface area contributed by atoms with E-state index in [2.05, 4.69) is 18.8 Å². The minimum atomic E-state index is -0.810. The van der Waals surface area contributed by atoms with E-state index in [4.69, 9.17) is 0 Å². The van der Waals surface area contributed by atoms with Crippen molar-refractivity contribution in [2.45, 2.75) is 64.7 Å². The van der Waals surface area contributed by atoms with Crippen molar-refractivity contribution < 1.29 is 9.90 Å². The first-order valence-corrected chi connectivity index (χ1v) is 8.20. The van der Waals surface area contributed by atoms with Crippen LogP contribution in [0.2, 0.25) is 0 Å². The fourth-order valence-electron chi connectivity index (χ4n) is 3.00. The molecule has 1 N–H and O–H groups in total. The van der Waals surface area contributed by atoms with Gasteiger partial charge in [0, 0.05) is 5.92 Å². The summed E-state index contributed by atoms with van der Waals surface area (Å²) < 4.78 is 0. The van der Waals surface area contributed by atoms with Crippen molar-refractivity contribution >= 4 is 17.3 Å². The molecule has 1 aliphatic carbocycles. The second-order valence-electron chi connectivity index (χ2n) is 5.52. The van der Waals surface area contributed by atoms with E-state index in [9.17, 15) is 9.90 Å². The van der Waals surface area contributed by atoms with E-state index in [1.54, 1.807) is 0 Å². The van der Waals surface area contributed by atoms with Crippen LogP contribution in [-0.4, -0.2) is 16.1 Å². The quantitative estimate of drug-likeness (QED) is 0.865. The standard InChI is InChI=1S/C15H23NO2S/c1-3-6-12-13(15(17)18)19-14(16-12)11-8-5-7-10(4-2)9-11/h10-11H,3-9H2,1-2H3,(H,17,18). The molecule has 0 aromatic carbocycles. The van der Waals surface area contributed by atoms with Gasteiger partial charge >= 0.3 is 5.97 Å². The first kappa shape index (κ1) is 14.5. The Labute approximate surface area is 119 Å². The number of aromatic carboxylic acids is 1. The van der Waals surface area contributed by atoms with E-state index in [-0.39, 0.29) is 0 Å². The van der Waals surface area contributed by atoms with Gasteiger partial charge in [0.25, 0.3) is 0 Å². The lowest BCUT2D eigenvalue weighted by Gasteiger charge is -2.26. The van der Waals surface area contributed by atoms with Crippen LogP contribution in [0.4, 0.5) is 0 Å². The van der Waals surface area contributed by atoms with Crippen LogP contribution in [0.15, 0.2) is 0 Å². The Kier molecular flexibility index (Phi) is 4.97. The number of carboxylic acids is 1. The van der Waals surface area contributed by atoms with Crippen molar-refractivity contribution in [1.29, 1.82) is 0 Å². The minimum absolute atomic E-state index is 0.468. The summed E-state index contributed by atoms with van der Waals surface area (Å²) in [5.41, 5.74) is 0.800. The lowest BCUT2D eigenvalue weighted by atomic mass is 9.80. The number of hydrogen-bond acceptors (Lipinski definition) is 3. The van der Waals surface area contributed by atoms with Gasteiger partial charge in [-0.1, -0.05) is 39.5 Å². The number of aryl methyl sites for hydroxylation is 1. The summed E-state index contributed by atoms with van der Waals surface area (Å²) in [6.45, 7) is 4.32. The molecule has 1 aromatic heterocycles. The van der Waals surface area contributed by atoms with Crippen molar-refractivity contribution in [3.63, 3.8) is 0 Å². The Morgan fingerprint density at radius 3 is 2.84 bits per heavy atom. The Hall–Kier alpha value is -0.900. The van der Waals surface area contributed by atoms with E-state index in [0.717, 1.165) is 29.5 Å². The fourth-order valence-corrected chi connectivity index (χ4v) is 4.10. The molecule has 0 radical (unpaired) electrons. The van der Waals surface area contributed by atoms with Gasteiger partial charge in [-0.05, 0) is 25.2 Å². The van der Waals surface area contributed by atoms with Gasteiger partial charge in [0.1, 0.15) is 4.88 Å². The van der Waals surface area contributed by atoms with Gasteiger partial charge in [0.05, 0.1) is 10.7 Å². The zero-order valence-corrected chi connectivity index (χ0v) is 12.6. The highest BCUT2D eigenvalue weighted by atomic mass is 32.1. The van der Waals surface area contributed by atoms with Crippen LogP contribution in [0, 0.1) is 5.92 Å². The normalized spacial score (nSPS) is 23.5. The van der Waals surface area contributed by atoms with Gasteiger partial charge in [-0.2, -0.15) is 0 Å². The third kappa shape index (κ3) is 3.35. The number of aromatic nitrogens is 1. The second kappa shape index (κ2) is 6.51. The molecule has 3 nitrogen and oxygen atoms in total. The Bertz CT molecular complexity index is 441. The first-order valence-electron chi connectivity index (χ1n) is 7.38. The molecule has 106 valence electrons. The van der Waals surface area contributed by atoms with Crippen LogP contribution in [0.3, 0.4) is 0 Å². The second-order valence-corrected chi connectivity index (χ2v) is 6.55. The molecule has 19 heavy (non-hydrogen) atoms. The number of carbonyl (C=O) groups is 1. The molecule has 0 aliphatic heterocycles. The molecule has 2 atom stereocenters. The van der Waals surface area contributed by atoms with E-state index < -0.39 is 5.97 Å². The molecular formula is C15H23NO2S. The predicted octanol–water partition coefficient (Wildman–Crippen LogP) is 4.48. The molecule has 2 rings (SSSR count). The Morgan fingerprint density at radius 1 is 1.42 bits per heavy atom. The minimum Gasteiger partial charge on any atom is -0.477 e. The predicted molar refractivity (Wildman–Crippen MR) is 78.1 cm³/mol. The van der Waals surface area contributed by atoms with Gasteiger partial charge in [-0.3, -0.25) is 0 Å². The molecule has 0 amide bonds. The van der Waals surface area contributed by atoms with Gasteiger partial charge < -0.3 is 5.11 Å². The van der Waals surface area contributed by atoms with Crippen LogP contribution in [0.25, 0.3) is 0 Å². The number of thiazole rings is 1. The van der Waals surface area contributed by atoms with Crippen LogP contribution >= 0.6 is 11.3 Å². The van der Waals surface area contributed by atoms with Crippen LogP contribution in [0.1, 0.15) is 78.7 Å². The summed E-state index contributed by atoms with van der Waals surface area (Å²) in [5.74, 6) is 0.480. The van der Waals surface area contributed by atoms with Gasteiger partial charge in [-0.25, -0.2) is 9.78 Å². The molecule has 0 saturated heterocycles. The number of hydrogen-bond donors (Lipinski definition) is 1. The maximum atomic E-state index is 11.3. The van der Waals surface area contributed by atoms with Gasteiger partial charge in [0.15, 0.2) is 0 Å². The van der Waals surface area contributed by atoms with E-state index in [1.165, 1.54) is 43.4 Å². The van der Waals surface area contributed by atoms with Gasteiger partial charge in [-0.15, -0.1) is 11.3 Å². The third-order valence-electron chi connectivity index (χ3n) is 4.10. The van der Waals surface area contributed by atoms with Crippen molar-refractivity contribution in [2.75, 3.05) is 0 Å². The number of nitrogens with zero attached hydrogens (tertiary/aromatic N) is 1. The molecule has 1 saturated carbocycles. The molecule has 1 aliphatic rings. The highest BCUT2D eigenvalue weighted by molar-refractivity contribution is 7.13. The molecule has 1 aromatic rings. The zero-order valence-electron chi connectivity index (χ0n) is 11.8. The smallest absolute Gasteiger partial charge is 0.347 e. The average molecular weight is 281 g/mol. The number of carboxylic acid groups (broad SMARTS) is 1. The Balaban J connectivity index is 2.19. The molecule has 4 heteroatoms. The summed E-state index contributed by atoms with van der Waals surface area (Å²) in [7, 11) is 0. The molecule has 2 unspecified atom stereocenters. The summed E-state index contributed by atoms with van der Waals surface area (Å²) >= 11 is 1.42. The molecular weight excluding hydrogens is 258 g/mol. The zero-order chi connectivity index (χ0) is 13.8. The average Bonchev–Trinajstić information content (AvgIpc) is 2.83. The van der Waals surface area contributed by atoms with Crippen molar-refractivity contribution in [2.24, 2.45) is 5.92 Å². The summed E-state index contributed by atoms with van der Waals surface area (Å²) in [4.78, 5) is 16.4. The highest BCUT2D eigenvalue weighted by Gasteiger charge is 2.27. The first-order chi connectivity index (χ1) is 9.15. The topological polar surface area (TPSA) is 50.2 Å². The van der Waals surface area contributed by atoms with E-state index in [1.807, 2.05) is 0 Å². The van der Waals surface area contributed by atoms with Crippen molar-refractivity contribution in [3.05, 3.63) is 15.6 Å². The summed E-state index contributed by atoms with van der Waals surface area (Å²) in [6.07, 6.45) is 7.91. The van der Waals surface area contributed by atoms with Crippen molar-refractivity contribution in [1.82, 2.24) is 4.98 Å². The SMILES string of the molecule is CCCc1nc(C2CCCC(CC)C2)sc1C(=O)O. The van der Waals surface area contributed by atoms with E-state index >= 15 is 0 Å². The maximum absolute atomic E-state index is 11.3. The van der Waals surface area contributed by atoms with E-state index in [0.29, 0.717) is 10.8 Å². The summed E-state index contributed by atoms with van der Waals surface area (Å²) in [6, 6.07) is 0. The van der Waals surface area contributed by atoms with Crippen molar-refractivity contribution in [3.8, 4) is 0 Å². The molecule has 1 heterocycles. The lowest BCUT2D eigenvalue weighted by molar-refractivity contribution is 0.0700. The fraction of sp³-hybridized carbons (Fsp3) is 0.733. The van der Waals surface area contributed by atoms with Crippen LogP contribution in [-0.2, 0) is 6.42 Å². The lowest BCUT2D eigenvalue weighted by Crippen LogP contribution is -2.13. The largest absolute Gasteiger partial charge is 0.477 e. The van der Waals surface area contributed by atoms with Crippen LogP contribution < -0.4 is 0 Å². The molecule has 0 spiro atoms. The summed E-state index contributed by atoms with van der Waals surface area (Å²) in [5, 5.41) is 10.3. The highest BCUT2D eigenvalue weighted by Crippen LogP contribution is 2.39. The molecule has 0 bridgehead atoms.